The van der Waals surface area contributed by atoms with Gasteiger partial charge in [-0.2, -0.15) is 0 Å². The predicted molar refractivity (Wildman–Crippen MR) is 57.3 cm³/mol. The van der Waals surface area contributed by atoms with Crippen molar-refractivity contribution in [3.8, 4) is 11.8 Å². The van der Waals surface area contributed by atoms with E-state index in [1.807, 2.05) is 25.7 Å². The van der Waals surface area contributed by atoms with Crippen LogP contribution in [0.15, 0.2) is 21.3 Å². The Morgan fingerprint density at radius 1 is 1.13 bits per heavy atom. The SMILES string of the molecule is O=c1cc(Cl)cc(C#C[C]2[CH][CH][CH][CH]2)o1. The van der Waals surface area contributed by atoms with E-state index < -0.39 is 5.63 Å². The quantitative estimate of drug-likeness (QED) is 0.623. The van der Waals surface area contributed by atoms with Gasteiger partial charge >= 0.3 is 5.63 Å². The zero-order valence-electron chi connectivity index (χ0n) is 7.66. The Labute approximate surface area is 93.2 Å². The molecule has 0 spiro atoms. The molecule has 0 aromatic carbocycles. The maximum absolute atomic E-state index is 11.0. The molecular formula is C12H6ClO2. The predicted octanol–water partition coefficient (Wildman–Crippen LogP) is 2.05. The minimum atomic E-state index is -0.491. The summed E-state index contributed by atoms with van der Waals surface area (Å²) in [6.45, 7) is 0. The van der Waals surface area contributed by atoms with Gasteiger partial charge in [0.1, 0.15) is 0 Å². The maximum Gasteiger partial charge on any atom is 0.338 e. The minimum Gasteiger partial charge on any atom is -0.414 e. The van der Waals surface area contributed by atoms with Crippen LogP contribution in [0, 0.1) is 43.4 Å². The van der Waals surface area contributed by atoms with Crippen molar-refractivity contribution in [3.05, 3.63) is 64.9 Å². The molecule has 1 aliphatic carbocycles. The average molecular weight is 218 g/mol. The zero-order valence-corrected chi connectivity index (χ0v) is 8.41. The van der Waals surface area contributed by atoms with E-state index in [-0.39, 0.29) is 5.76 Å². The highest BCUT2D eigenvalue weighted by atomic mass is 35.5. The number of rotatable bonds is 0. The summed E-state index contributed by atoms with van der Waals surface area (Å²) in [6.07, 6.45) is 7.52. The first-order valence-corrected chi connectivity index (χ1v) is 4.66. The van der Waals surface area contributed by atoms with E-state index in [1.165, 1.54) is 12.1 Å². The Bertz CT molecular complexity index is 458. The van der Waals surface area contributed by atoms with Crippen molar-refractivity contribution < 1.29 is 4.42 Å². The summed E-state index contributed by atoms with van der Waals surface area (Å²) in [7, 11) is 0. The van der Waals surface area contributed by atoms with Gasteiger partial charge in [-0.15, -0.1) is 0 Å². The van der Waals surface area contributed by atoms with Crippen molar-refractivity contribution in [3.63, 3.8) is 0 Å². The molecule has 0 unspecified atom stereocenters. The summed E-state index contributed by atoms with van der Waals surface area (Å²) >= 11 is 5.68. The number of hydrogen-bond donors (Lipinski definition) is 0. The molecule has 2 rings (SSSR count). The first kappa shape index (κ1) is 10.3. The number of halogens is 1. The summed E-state index contributed by atoms with van der Waals surface area (Å²) in [5.74, 6) is 6.73. The molecule has 1 aromatic heterocycles. The molecule has 0 amide bonds. The smallest absolute Gasteiger partial charge is 0.338 e. The molecule has 0 saturated heterocycles. The van der Waals surface area contributed by atoms with Crippen LogP contribution in [-0.4, -0.2) is 0 Å². The van der Waals surface area contributed by atoms with Gasteiger partial charge in [0.15, 0.2) is 5.76 Å². The third-order valence-corrected chi connectivity index (χ3v) is 1.95. The summed E-state index contributed by atoms with van der Waals surface area (Å²) < 4.78 is 4.84. The maximum atomic E-state index is 11.0. The molecule has 15 heavy (non-hydrogen) atoms. The van der Waals surface area contributed by atoms with Gasteiger partial charge < -0.3 is 4.42 Å². The standard InChI is InChI=1S/C12H6ClO2/c13-10-7-11(15-12(14)8-10)6-5-9-3-1-2-4-9/h1-4,7-8H. The Morgan fingerprint density at radius 3 is 2.53 bits per heavy atom. The van der Waals surface area contributed by atoms with Crippen molar-refractivity contribution in [2.45, 2.75) is 0 Å². The van der Waals surface area contributed by atoms with Gasteiger partial charge in [0.05, 0.1) is 10.9 Å². The van der Waals surface area contributed by atoms with Gasteiger partial charge in [0, 0.05) is 12.1 Å². The van der Waals surface area contributed by atoms with Crippen LogP contribution >= 0.6 is 11.6 Å². The summed E-state index contributed by atoms with van der Waals surface area (Å²) in [5, 5.41) is 0.332. The van der Waals surface area contributed by atoms with Crippen molar-refractivity contribution in [2.24, 2.45) is 0 Å². The number of hydrogen-bond acceptors (Lipinski definition) is 2. The zero-order chi connectivity index (χ0) is 10.7. The van der Waals surface area contributed by atoms with Crippen LogP contribution in [0.4, 0.5) is 0 Å². The van der Waals surface area contributed by atoms with E-state index in [0.717, 1.165) is 5.92 Å². The van der Waals surface area contributed by atoms with E-state index in [4.69, 9.17) is 16.0 Å². The van der Waals surface area contributed by atoms with E-state index in [0.29, 0.717) is 5.02 Å². The third-order valence-electron chi connectivity index (χ3n) is 1.73. The molecule has 0 atom stereocenters. The molecule has 1 aromatic rings. The Kier molecular flexibility index (Phi) is 3.13. The topological polar surface area (TPSA) is 30.2 Å². The van der Waals surface area contributed by atoms with Gasteiger partial charge in [0.2, 0.25) is 0 Å². The highest BCUT2D eigenvalue weighted by molar-refractivity contribution is 6.30. The molecule has 73 valence electrons. The molecule has 5 radical (unpaired) electrons. The highest BCUT2D eigenvalue weighted by Gasteiger charge is 2.13. The van der Waals surface area contributed by atoms with Crippen LogP contribution in [-0.2, 0) is 0 Å². The van der Waals surface area contributed by atoms with Gasteiger partial charge in [-0.05, 0) is 31.6 Å². The monoisotopic (exact) mass is 217 g/mol. The fourth-order valence-electron chi connectivity index (χ4n) is 1.10. The van der Waals surface area contributed by atoms with Crippen LogP contribution in [0.25, 0.3) is 0 Å². The fraction of sp³-hybridized carbons (Fsp3) is 0. The Balaban J connectivity index is 2.19. The summed E-state index contributed by atoms with van der Waals surface area (Å²) in [5.41, 5.74) is -0.491. The highest BCUT2D eigenvalue weighted by Crippen LogP contribution is 2.21. The van der Waals surface area contributed by atoms with Crippen LogP contribution in [0.3, 0.4) is 0 Å². The van der Waals surface area contributed by atoms with Crippen molar-refractivity contribution in [1.29, 1.82) is 0 Å². The molecule has 0 N–H and O–H groups in total. The fourth-order valence-corrected chi connectivity index (χ4v) is 1.29. The van der Waals surface area contributed by atoms with Gasteiger partial charge in [-0.3, -0.25) is 0 Å². The Hall–Kier alpha value is -1.20. The average Bonchev–Trinajstić information content (AvgIpc) is 2.65. The van der Waals surface area contributed by atoms with Crippen molar-refractivity contribution >= 4 is 11.6 Å². The van der Waals surface area contributed by atoms with Gasteiger partial charge in [0.25, 0.3) is 0 Å². The first-order chi connectivity index (χ1) is 7.24. The molecule has 0 aliphatic heterocycles. The lowest BCUT2D eigenvalue weighted by Crippen LogP contribution is -1.97. The van der Waals surface area contributed by atoms with Crippen molar-refractivity contribution in [2.75, 3.05) is 0 Å². The van der Waals surface area contributed by atoms with Gasteiger partial charge in [-0.1, -0.05) is 17.5 Å². The van der Waals surface area contributed by atoms with Crippen molar-refractivity contribution in [1.82, 2.24) is 0 Å². The summed E-state index contributed by atoms with van der Waals surface area (Å²) in [4.78, 5) is 11.0. The Morgan fingerprint density at radius 2 is 1.87 bits per heavy atom. The lowest BCUT2D eigenvalue weighted by atomic mass is 10.1. The second-order valence-corrected chi connectivity index (χ2v) is 3.32. The van der Waals surface area contributed by atoms with Gasteiger partial charge in [-0.25, -0.2) is 4.79 Å². The largest absolute Gasteiger partial charge is 0.414 e. The normalized spacial score (nSPS) is 16.1. The minimum absolute atomic E-state index is 0.272. The lowest BCUT2D eigenvalue weighted by molar-refractivity contribution is 0.499. The summed E-state index contributed by atoms with van der Waals surface area (Å²) in [6, 6.07) is 2.72. The second kappa shape index (κ2) is 4.55. The van der Waals surface area contributed by atoms with E-state index in [1.54, 1.807) is 0 Å². The molecule has 1 heterocycles. The molecule has 1 saturated carbocycles. The second-order valence-electron chi connectivity index (χ2n) is 2.88. The molecule has 0 bridgehead atoms. The molecule has 1 fully saturated rings. The van der Waals surface area contributed by atoms with E-state index in [9.17, 15) is 4.79 Å². The van der Waals surface area contributed by atoms with Crippen LogP contribution in [0.5, 0.6) is 0 Å². The molecular weight excluding hydrogens is 212 g/mol. The molecule has 2 nitrogen and oxygen atoms in total. The van der Waals surface area contributed by atoms with E-state index in [2.05, 4.69) is 11.8 Å². The molecule has 1 aliphatic rings. The molecule has 3 heteroatoms. The van der Waals surface area contributed by atoms with E-state index >= 15 is 0 Å². The third kappa shape index (κ3) is 2.87. The lowest BCUT2D eigenvalue weighted by Gasteiger charge is -1.93. The van der Waals surface area contributed by atoms with Crippen LogP contribution < -0.4 is 5.63 Å². The van der Waals surface area contributed by atoms with Crippen LogP contribution in [0.1, 0.15) is 5.76 Å². The van der Waals surface area contributed by atoms with Crippen LogP contribution in [0.2, 0.25) is 5.02 Å². The first-order valence-electron chi connectivity index (χ1n) is 4.28.